The van der Waals surface area contributed by atoms with E-state index in [-0.39, 0.29) is 6.04 Å². The highest BCUT2D eigenvalue weighted by molar-refractivity contribution is 6.31. The fraction of sp³-hybridized carbons (Fsp3) is 0.250. The summed E-state index contributed by atoms with van der Waals surface area (Å²) in [5.41, 5.74) is 9.85. The van der Waals surface area contributed by atoms with Gasteiger partial charge in [-0.3, -0.25) is 0 Å². The number of aryl methyl sites for hydroxylation is 1. The summed E-state index contributed by atoms with van der Waals surface area (Å²) in [6.45, 7) is 3.09. The molecule has 0 aromatic heterocycles. The van der Waals surface area contributed by atoms with E-state index in [1.807, 2.05) is 37.3 Å². The summed E-state index contributed by atoms with van der Waals surface area (Å²) in [6.07, 6.45) is 0. The maximum absolute atomic E-state index is 6.23. The van der Waals surface area contributed by atoms with Gasteiger partial charge in [-0.25, -0.2) is 0 Å². The van der Waals surface area contributed by atoms with Crippen molar-refractivity contribution in [2.24, 2.45) is 5.73 Å². The second-order valence-corrected chi connectivity index (χ2v) is 6.05. The van der Waals surface area contributed by atoms with Crippen LogP contribution in [-0.2, 0) is 0 Å². The van der Waals surface area contributed by atoms with Gasteiger partial charge in [0, 0.05) is 28.2 Å². The Bertz CT molecular complexity index is 688. The van der Waals surface area contributed by atoms with E-state index >= 15 is 0 Å². The van der Waals surface area contributed by atoms with Gasteiger partial charge in [0.15, 0.2) is 0 Å². The van der Waals surface area contributed by atoms with E-state index in [2.05, 4.69) is 5.32 Å². The average Bonchev–Trinajstić information content (AvgIpc) is 2.46. The lowest BCUT2D eigenvalue weighted by molar-refractivity contribution is 0.287. The first-order valence-electron chi connectivity index (χ1n) is 6.78. The molecule has 2 aromatic carbocycles. The quantitative estimate of drug-likeness (QED) is 0.875. The molecule has 110 valence electrons. The van der Waals surface area contributed by atoms with Crippen molar-refractivity contribution < 1.29 is 4.74 Å². The maximum Gasteiger partial charge on any atom is 0.144 e. The minimum Gasteiger partial charge on any atom is -0.489 e. The molecule has 0 aliphatic carbocycles. The van der Waals surface area contributed by atoms with Crippen LogP contribution in [0, 0.1) is 6.92 Å². The van der Waals surface area contributed by atoms with Crippen molar-refractivity contribution in [1.29, 1.82) is 0 Å². The third-order valence-corrected chi connectivity index (χ3v) is 4.07. The van der Waals surface area contributed by atoms with E-state index in [1.165, 1.54) is 0 Å². The smallest absolute Gasteiger partial charge is 0.144 e. The van der Waals surface area contributed by atoms with Crippen molar-refractivity contribution in [3.05, 3.63) is 45.9 Å². The van der Waals surface area contributed by atoms with Gasteiger partial charge in [0.05, 0.1) is 11.7 Å². The number of hydrogen-bond acceptors (Lipinski definition) is 3. The summed E-state index contributed by atoms with van der Waals surface area (Å²) in [6, 6.07) is 9.68. The molecule has 0 spiro atoms. The molecule has 1 aliphatic rings. The molecule has 1 heterocycles. The zero-order valence-electron chi connectivity index (χ0n) is 11.6. The van der Waals surface area contributed by atoms with Crippen LogP contribution in [0.4, 0.5) is 5.69 Å². The van der Waals surface area contributed by atoms with Gasteiger partial charge in [0.1, 0.15) is 12.4 Å². The van der Waals surface area contributed by atoms with Gasteiger partial charge in [-0.1, -0.05) is 29.3 Å². The number of nitrogens with one attached hydrogen (secondary N) is 1. The van der Waals surface area contributed by atoms with Crippen molar-refractivity contribution >= 4 is 28.9 Å². The molecule has 21 heavy (non-hydrogen) atoms. The first-order valence-corrected chi connectivity index (χ1v) is 7.53. The van der Waals surface area contributed by atoms with Gasteiger partial charge in [-0.05, 0) is 36.2 Å². The lowest BCUT2D eigenvalue weighted by Crippen LogP contribution is -2.37. The second-order valence-electron chi connectivity index (χ2n) is 5.17. The van der Waals surface area contributed by atoms with Gasteiger partial charge in [-0.15, -0.1) is 0 Å². The van der Waals surface area contributed by atoms with E-state index in [9.17, 15) is 0 Å². The molecule has 2 aromatic rings. The third-order valence-electron chi connectivity index (χ3n) is 3.62. The molecule has 0 unspecified atom stereocenters. The van der Waals surface area contributed by atoms with Gasteiger partial charge in [0.2, 0.25) is 0 Å². The van der Waals surface area contributed by atoms with Crippen LogP contribution in [0.3, 0.4) is 0 Å². The lowest BCUT2D eigenvalue weighted by atomic mass is 9.97. The largest absolute Gasteiger partial charge is 0.489 e. The molecular formula is C16H16Cl2N2O. The van der Waals surface area contributed by atoms with E-state index in [0.29, 0.717) is 18.2 Å². The molecular weight excluding hydrogens is 307 g/mol. The van der Waals surface area contributed by atoms with Gasteiger partial charge >= 0.3 is 0 Å². The summed E-state index contributed by atoms with van der Waals surface area (Å²) in [5, 5.41) is 4.80. The predicted octanol–water partition coefficient (Wildman–Crippen LogP) is 4.10. The van der Waals surface area contributed by atoms with Crippen molar-refractivity contribution in [2.45, 2.75) is 13.0 Å². The SMILES string of the molecule is Cc1cc(Cl)ccc1-c1cc(Cl)cc2c1N[C@H](CN)CO2. The molecule has 5 heteroatoms. The van der Waals surface area contributed by atoms with Crippen LogP contribution >= 0.6 is 23.2 Å². The van der Waals surface area contributed by atoms with Crippen LogP contribution in [0.15, 0.2) is 30.3 Å². The highest BCUT2D eigenvalue weighted by Gasteiger charge is 2.22. The lowest BCUT2D eigenvalue weighted by Gasteiger charge is -2.29. The first-order chi connectivity index (χ1) is 10.1. The van der Waals surface area contributed by atoms with Crippen LogP contribution in [0.25, 0.3) is 11.1 Å². The molecule has 0 bridgehead atoms. The first kappa shape index (κ1) is 14.5. The molecule has 3 N–H and O–H groups in total. The van der Waals surface area contributed by atoms with Crippen LogP contribution in [0.2, 0.25) is 10.0 Å². The Morgan fingerprint density at radius 3 is 2.71 bits per heavy atom. The number of benzene rings is 2. The summed E-state index contributed by atoms with van der Waals surface area (Å²) in [7, 11) is 0. The van der Waals surface area contributed by atoms with E-state index < -0.39 is 0 Å². The Hall–Kier alpha value is -1.42. The Kier molecular flexibility index (Phi) is 3.98. The molecule has 0 radical (unpaired) electrons. The number of anilines is 1. The third kappa shape index (κ3) is 2.82. The van der Waals surface area contributed by atoms with E-state index in [1.54, 1.807) is 0 Å². The summed E-state index contributed by atoms with van der Waals surface area (Å²) < 4.78 is 5.78. The fourth-order valence-corrected chi connectivity index (χ4v) is 2.98. The minimum absolute atomic E-state index is 0.102. The molecule has 0 saturated carbocycles. The number of nitrogens with two attached hydrogens (primary N) is 1. The topological polar surface area (TPSA) is 47.3 Å². The summed E-state index contributed by atoms with van der Waals surface area (Å²) in [4.78, 5) is 0. The van der Waals surface area contributed by atoms with Crippen molar-refractivity contribution in [3.63, 3.8) is 0 Å². The molecule has 0 saturated heterocycles. The zero-order valence-corrected chi connectivity index (χ0v) is 13.1. The van der Waals surface area contributed by atoms with E-state index in [0.717, 1.165) is 33.1 Å². The Balaban J connectivity index is 2.16. The standard InChI is InChI=1S/C16H16Cl2N2O/c1-9-4-10(17)2-3-13(9)14-5-11(18)6-15-16(14)20-12(7-19)8-21-15/h2-6,12,20H,7-8,19H2,1H3/t12-/m1/s1. The van der Waals surface area contributed by atoms with Crippen molar-refractivity contribution in [2.75, 3.05) is 18.5 Å². The van der Waals surface area contributed by atoms with Crippen LogP contribution in [-0.4, -0.2) is 19.2 Å². The zero-order chi connectivity index (χ0) is 15.0. The number of hydrogen-bond donors (Lipinski definition) is 2. The Labute approximate surface area is 134 Å². The van der Waals surface area contributed by atoms with Crippen molar-refractivity contribution in [1.82, 2.24) is 0 Å². The molecule has 0 fully saturated rings. The average molecular weight is 323 g/mol. The summed E-state index contributed by atoms with van der Waals surface area (Å²) in [5.74, 6) is 0.761. The molecule has 3 nitrogen and oxygen atoms in total. The monoisotopic (exact) mass is 322 g/mol. The molecule has 1 aliphatic heterocycles. The minimum atomic E-state index is 0.102. The number of rotatable bonds is 2. The fourth-order valence-electron chi connectivity index (χ4n) is 2.55. The molecule has 3 rings (SSSR count). The normalized spacial score (nSPS) is 16.9. The maximum atomic E-state index is 6.23. The predicted molar refractivity (Wildman–Crippen MR) is 88.6 cm³/mol. The van der Waals surface area contributed by atoms with E-state index in [4.69, 9.17) is 33.7 Å². The number of halogens is 2. The molecule has 1 atom stereocenters. The van der Waals surface area contributed by atoms with Gasteiger partial charge in [-0.2, -0.15) is 0 Å². The highest BCUT2D eigenvalue weighted by atomic mass is 35.5. The number of fused-ring (bicyclic) bond motifs is 1. The number of ether oxygens (including phenoxy) is 1. The summed E-state index contributed by atoms with van der Waals surface area (Å²) >= 11 is 12.3. The van der Waals surface area contributed by atoms with Gasteiger partial charge in [0.25, 0.3) is 0 Å². The Morgan fingerprint density at radius 2 is 2.00 bits per heavy atom. The van der Waals surface area contributed by atoms with Gasteiger partial charge < -0.3 is 15.8 Å². The highest BCUT2D eigenvalue weighted by Crippen LogP contribution is 2.42. The van der Waals surface area contributed by atoms with Crippen LogP contribution < -0.4 is 15.8 Å². The molecule has 0 amide bonds. The second kappa shape index (κ2) is 5.76. The van der Waals surface area contributed by atoms with Crippen molar-refractivity contribution in [3.8, 4) is 16.9 Å². The van der Waals surface area contributed by atoms with Crippen LogP contribution in [0.5, 0.6) is 5.75 Å². The Morgan fingerprint density at radius 1 is 1.19 bits per heavy atom. The van der Waals surface area contributed by atoms with Crippen LogP contribution in [0.1, 0.15) is 5.56 Å².